The first-order valence-corrected chi connectivity index (χ1v) is 13.1. The molecule has 0 atom stereocenters. The van der Waals surface area contributed by atoms with Crippen molar-refractivity contribution in [3.8, 4) is 0 Å². The Morgan fingerprint density at radius 1 is 0.909 bits per heavy atom. The number of amides is 2. The van der Waals surface area contributed by atoms with Gasteiger partial charge in [-0.1, -0.05) is 71.3 Å². The zero-order chi connectivity index (χ0) is 25.2. The van der Waals surface area contributed by atoms with Crippen molar-refractivity contribution >= 4 is 12.0 Å². The van der Waals surface area contributed by atoms with E-state index in [0.29, 0.717) is 31.9 Å². The molecule has 0 heterocycles. The highest BCUT2D eigenvalue weighted by Crippen LogP contribution is 2.20. The third-order valence-electron chi connectivity index (χ3n) is 6.07. The van der Waals surface area contributed by atoms with Gasteiger partial charge < -0.3 is 20.5 Å². The maximum atomic E-state index is 12.3. The van der Waals surface area contributed by atoms with Gasteiger partial charge in [0.25, 0.3) is 0 Å². The maximum Gasteiger partial charge on any atom is 0.405 e. The van der Waals surface area contributed by atoms with Crippen LogP contribution in [0.4, 0.5) is 4.79 Å². The van der Waals surface area contributed by atoms with E-state index in [1.165, 1.54) is 64.2 Å². The number of rotatable bonds is 20. The molecular formula is C27H52N2O4. The van der Waals surface area contributed by atoms with Gasteiger partial charge in [-0.05, 0) is 65.4 Å². The van der Waals surface area contributed by atoms with Gasteiger partial charge in [0.2, 0.25) is 5.91 Å². The van der Waals surface area contributed by atoms with Crippen LogP contribution in [-0.2, 0) is 9.53 Å². The molecule has 3 N–H and O–H groups in total. The molecule has 0 fully saturated rings. The Hall–Kier alpha value is -1.56. The standard InChI is InChI=1S/C27H52N2O4/c1-7-9-11-13-15-23(16-14-12-10-8-2)17-18-24(30)28-21-19-27(5,6)33-22-20-26(3,4)29-25(31)32/h17-18,23,29H,7-16,19-22H2,1-6H3,(H,28,30)(H,31,32)/b18-17+. The molecule has 0 aliphatic heterocycles. The summed E-state index contributed by atoms with van der Waals surface area (Å²) in [6.07, 6.45) is 16.5. The van der Waals surface area contributed by atoms with E-state index in [4.69, 9.17) is 9.84 Å². The van der Waals surface area contributed by atoms with Crippen molar-refractivity contribution in [1.29, 1.82) is 0 Å². The quantitative estimate of drug-likeness (QED) is 0.135. The Labute approximate surface area is 203 Å². The Kier molecular flexibility index (Phi) is 17.0. The van der Waals surface area contributed by atoms with Crippen LogP contribution in [0.5, 0.6) is 0 Å². The number of hydrogen-bond donors (Lipinski definition) is 3. The molecule has 0 saturated carbocycles. The summed E-state index contributed by atoms with van der Waals surface area (Å²) in [6, 6.07) is 0. The van der Waals surface area contributed by atoms with Crippen LogP contribution in [-0.4, -0.2) is 41.4 Å². The second kappa shape index (κ2) is 17.9. The molecule has 0 radical (unpaired) electrons. The smallest absolute Gasteiger partial charge is 0.405 e. The van der Waals surface area contributed by atoms with Gasteiger partial charge in [-0.15, -0.1) is 0 Å². The molecule has 0 aromatic carbocycles. The third kappa shape index (κ3) is 19.6. The summed E-state index contributed by atoms with van der Waals surface area (Å²) in [5.74, 6) is 0.455. The van der Waals surface area contributed by atoms with E-state index in [0.717, 1.165) is 0 Å². The molecule has 0 aromatic heterocycles. The second-order valence-electron chi connectivity index (χ2n) is 10.5. The van der Waals surface area contributed by atoms with E-state index in [2.05, 4.69) is 30.6 Å². The summed E-state index contributed by atoms with van der Waals surface area (Å²) in [4.78, 5) is 23.2. The van der Waals surface area contributed by atoms with Gasteiger partial charge in [-0.3, -0.25) is 4.79 Å². The largest absolute Gasteiger partial charge is 0.465 e. The molecule has 0 aliphatic carbocycles. The van der Waals surface area contributed by atoms with Crippen LogP contribution in [0.1, 0.15) is 119 Å². The zero-order valence-corrected chi connectivity index (χ0v) is 22.3. The normalized spacial score (nSPS) is 12.5. The van der Waals surface area contributed by atoms with Gasteiger partial charge in [-0.2, -0.15) is 0 Å². The molecule has 194 valence electrons. The molecule has 6 nitrogen and oxygen atoms in total. The SMILES string of the molecule is CCCCCCC(/C=C/C(=O)NCCC(C)(C)OCCC(C)(C)NC(=O)O)CCCCCC. The van der Waals surface area contributed by atoms with E-state index in [1.54, 1.807) is 6.08 Å². The molecule has 6 heteroatoms. The number of carbonyl (C=O) groups excluding carboxylic acids is 1. The Morgan fingerprint density at radius 3 is 2.00 bits per heavy atom. The molecule has 0 saturated heterocycles. The van der Waals surface area contributed by atoms with E-state index in [-0.39, 0.29) is 5.91 Å². The van der Waals surface area contributed by atoms with Gasteiger partial charge in [0.1, 0.15) is 0 Å². The molecule has 0 aliphatic rings. The molecule has 0 unspecified atom stereocenters. The predicted molar refractivity (Wildman–Crippen MR) is 138 cm³/mol. The first kappa shape index (κ1) is 31.4. The van der Waals surface area contributed by atoms with E-state index in [9.17, 15) is 9.59 Å². The number of nitrogens with one attached hydrogen (secondary N) is 2. The number of allylic oxidation sites excluding steroid dienone is 1. The van der Waals surface area contributed by atoms with Crippen molar-refractivity contribution in [3.05, 3.63) is 12.2 Å². The number of unbranched alkanes of at least 4 members (excludes halogenated alkanes) is 6. The molecule has 0 bridgehead atoms. The molecule has 0 spiro atoms. The fraction of sp³-hybridized carbons (Fsp3) is 0.852. The monoisotopic (exact) mass is 468 g/mol. The van der Waals surface area contributed by atoms with Crippen LogP contribution in [0.3, 0.4) is 0 Å². The minimum atomic E-state index is -1.03. The lowest BCUT2D eigenvalue weighted by Crippen LogP contribution is -2.44. The summed E-state index contributed by atoms with van der Waals surface area (Å²) in [5, 5.41) is 14.4. The van der Waals surface area contributed by atoms with Crippen LogP contribution >= 0.6 is 0 Å². The lowest BCUT2D eigenvalue weighted by Gasteiger charge is -2.29. The number of carboxylic acid groups (broad SMARTS) is 1. The molecule has 2 amide bonds. The summed E-state index contributed by atoms with van der Waals surface area (Å²) in [7, 11) is 0. The van der Waals surface area contributed by atoms with Gasteiger partial charge in [0.05, 0.1) is 5.60 Å². The van der Waals surface area contributed by atoms with Crippen LogP contribution in [0.15, 0.2) is 12.2 Å². The van der Waals surface area contributed by atoms with E-state index in [1.807, 2.05) is 27.7 Å². The minimum Gasteiger partial charge on any atom is -0.465 e. The number of ether oxygens (including phenoxy) is 1. The Morgan fingerprint density at radius 2 is 1.48 bits per heavy atom. The van der Waals surface area contributed by atoms with Crippen molar-refractivity contribution in [1.82, 2.24) is 10.6 Å². The fourth-order valence-electron chi connectivity index (χ4n) is 3.78. The van der Waals surface area contributed by atoms with Crippen molar-refractivity contribution in [2.45, 2.75) is 130 Å². The maximum absolute atomic E-state index is 12.3. The number of carbonyl (C=O) groups is 2. The number of hydrogen-bond acceptors (Lipinski definition) is 3. The fourth-order valence-corrected chi connectivity index (χ4v) is 3.78. The predicted octanol–water partition coefficient (Wildman–Crippen LogP) is 6.84. The lowest BCUT2D eigenvalue weighted by atomic mass is 9.94. The highest BCUT2D eigenvalue weighted by atomic mass is 16.5. The van der Waals surface area contributed by atoms with Gasteiger partial charge in [0, 0.05) is 18.7 Å². The van der Waals surface area contributed by atoms with Crippen molar-refractivity contribution in [3.63, 3.8) is 0 Å². The lowest BCUT2D eigenvalue weighted by molar-refractivity contribution is -0.116. The first-order chi connectivity index (χ1) is 15.5. The highest BCUT2D eigenvalue weighted by Gasteiger charge is 2.23. The topological polar surface area (TPSA) is 87.7 Å². The molecule has 33 heavy (non-hydrogen) atoms. The summed E-state index contributed by atoms with van der Waals surface area (Å²) in [6.45, 7) is 13.1. The summed E-state index contributed by atoms with van der Waals surface area (Å²) in [5.41, 5.74) is -0.929. The molecule has 0 rings (SSSR count). The summed E-state index contributed by atoms with van der Waals surface area (Å²) < 4.78 is 5.95. The van der Waals surface area contributed by atoms with Crippen LogP contribution in [0, 0.1) is 5.92 Å². The Balaban J connectivity index is 4.37. The first-order valence-electron chi connectivity index (χ1n) is 13.1. The highest BCUT2D eigenvalue weighted by molar-refractivity contribution is 5.87. The van der Waals surface area contributed by atoms with E-state index >= 15 is 0 Å². The summed E-state index contributed by atoms with van der Waals surface area (Å²) >= 11 is 0. The van der Waals surface area contributed by atoms with Crippen LogP contribution < -0.4 is 10.6 Å². The molecular weight excluding hydrogens is 416 g/mol. The average Bonchev–Trinajstić information content (AvgIpc) is 2.70. The Bertz CT molecular complexity index is 546. The van der Waals surface area contributed by atoms with Gasteiger partial charge >= 0.3 is 6.09 Å². The minimum absolute atomic E-state index is 0.0373. The van der Waals surface area contributed by atoms with Crippen molar-refractivity contribution < 1.29 is 19.4 Å². The van der Waals surface area contributed by atoms with Crippen molar-refractivity contribution in [2.24, 2.45) is 5.92 Å². The second-order valence-corrected chi connectivity index (χ2v) is 10.5. The van der Waals surface area contributed by atoms with Crippen LogP contribution in [0.25, 0.3) is 0 Å². The van der Waals surface area contributed by atoms with E-state index < -0.39 is 17.2 Å². The average molecular weight is 469 g/mol. The van der Waals surface area contributed by atoms with Gasteiger partial charge in [-0.25, -0.2) is 4.79 Å². The van der Waals surface area contributed by atoms with Crippen molar-refractivity contribution in [2.75, 3.05) is 13.2 Å². The molecule has 0 aromatic rings. The van der Waals surface area contributed by atoms with Gasteiger partial charge in [0.15, 0.2) is 0 Å². The zero-order valence-electron chi connectivity index (χ0n) is 22.3. The van der Waals surface area contributed by atoms with Crippen LogP contribution in [0.2, 0.25) is 0 Å². The third-order valence-corrected chi connectivity index (χ3v) is 6.07.